The quantitative estimate of drug-likeness (QED) is 0.185. The molecule has 2 saturated heterocycles. The van der Waals surface area contributed by atoms with Gasteiger partial charge in [-0.25, -0.2) is 22.8 Å². The number of aryl methyl sites for hydroxylation is 2. The van der Waals surface area contributed by atoms with E-state index in [1.165, 1.54) is 23.5 Å². The zero-order valence-electron chi connectivity index (χ0n) is 29.1. The molecular weight excluding hydrogens is 676 g/mol. The lowest BCUT2D eigenvalue weighted by Gasteiger charge is -2.38. The van der Waals surface area contributed by atoms with Crippen LogP contribution in [0.3, 0.4) is 0 Å². The maximum atomic E-state index is 14.1. The second-order valence-corrected chi connectivity index (χ2v) is 23.1. The molecule has 9 nitrogen and oxygen atoms in total. The number of piperazine rings is 1. The highest BCUT2D eigenvalue weighted by Gasteiger charge is 2.44. The van der Waals surface area contributed by atoms with Crippen molar-refractivity contribution < 1.29 is 17.2 Å². The van der Waals surface area contributed by atoms with Crippen LogP contribution >= 0.6 is 11.3 Å². The number of anilines is 1. The van der Waals surface area contributed by atoms with Crippen LogP contribution in [0.2, 0.25) is 18.1 Å². The van der Waals surface area contributed by atoms with Crippen LogP contribution in [0.4, 0.5) is 9.52 Å². The van der Waals surface area contributed by atoms with Gasteiger partial charge in [-0.15, -0.1) is 0 Å². The van der Waals surface area contributed by atoms with Crippen molar-refractivity contribution in [3.8, 4) is 11.3 Å². The molecule has 3 aliphatic rings. The number of rotatable bonds is 9. The van der Waals surface area contributed by atoms with Gasteiger partial charge < -0.3 is 13.9 Å². The van der Waals surface area contributed by atoms with E-state index >= 15 is 0 Å². The Labute approximate surface area is 294 Å². The molecule has 5 heterocycles. The summed E-state index contributed by atoms with van der Waals surface area (Å²) >= 11 is 1.28. The van der Waals surface area contributed by atoms with Crippen LogP contribution in [0.5, 0.6) is 0 Å². The van der Waals surface area contributed by atoms with Crippen molar-refractivity contribution in [1.82, 2.24) is 23.7 Å². The number of halogens is 1. The van der Waals surface area contributed by atoms with E-state index in [0.29, 0.717) is 36.3 Å². The smallest absolute Gasteiger partial charge is 0.254 e. The fraction of sp³-hybridized carbons (Fsp3) is 0.500. The lowest BCUT2D eigenvalue weighted by atomic mass is 9.94. The van der Waals surface area contributed by atoms with E-state index in [1.807, 2.05) is 12.3 Å². The van der Waals surface area contributed by atoms with E-state index in [4.69, 9.17) is 4.43 Å². The van der Waals surface area contributed by atoms with Gasteiger partial charge in [-0.1, -0.05) is 62.4 Å². The first-order chi connectivity index (χ1) is 23.3. The Hall–Kier alpha value is -2.94. The maximum absolute atomic E-state index is 14.1. The predicted octanol–water partition coefficient (Wildman–Crippen LogP) is 6.42. The molecule has 0 saturated carbocycles. The van der Waals surface area contributed by atoms with Gasteiger partial charge in [0.15, 0.2) is 17.7 Å². The average molecular weight is 723 g/mol. The molecule has 0 amide bonds. The van der Waals surface area contributed by atoms with Crippen molar-refractivity contribution in [2.75, 3.05) is 37.6 Å². The first-order valence-corrected chi connectivity index (χ1v) is 22.4. The molecule has 0 radical (unpaired) electrons. The number of hydrogen-bond acceptors (Lipinski definition) is 8. The highest BCUT2D eigenvalue weighted by molar-refractivity contribution is 7.91. The van der Waals surface area contributed by atoms with Crippen molar-refractivity contribution in [2.45, 2.75) is 87.6 Å². The van der Waals surface area contributed by atoms with Gasteiger partial charge in [0.25, 0.3) is 10.0 Å². The SMILES string of the molecule is CC(C)(C)[Si](C)(C)OC1CC2CN(c3ncc(S(=O)(=O)N4CCc5cccc(-c6cncn6CCc6ccc(F)cc6)c5C4)s3)CCN2C1. The Morgan fingerprint density at radius 1 is 1.04 bits per heavy atom. The van der Waals surface area contributed by atoms with E-state index in [1.54, 1.807) is 29.0 Å². The molecule has 7 rings (SSSR count). The molecule has 262 valence electrons. The van der Waals surface area contributed by atoms with Crippen LogP contribution in [-0.2, 0) is 40.4 Å². The third-order valence-corrected chi connectivity index (χ3v) is 18.8. The number of fused-ring (bicyclic) bond motifs is 2. The molecular formula is C36H47FN6O3S2Si. The van der Waals surface area contributed by atoms with Crippen molar-refractivity contribution in [1.29, 1.82) is 0 Å². The molecule has 2 unspecified atom stereocenters. The number of sulfonamides is 1. The van der Waals surface area contributed by atoms with E-state index in [2.05, 4.69) is 70.3 Å². The summed E-state index contributed by atoms with van der Waals surface area (Å²) in [5, 5.41) is 0.952. The van der Waals surface area contributed by atoms with Gasteiger partial charge in [-0.3, -0.25) is 4.90 Å². The second-order valence-electron chi connectivity index (χ2n) is 15.2. The number of nitrogens with zero attached hydrogens (tertiary/aromatic N) is 6. The van der Waals surface area contributed by atoms with E-state index in [9.17, 15) is 12.8 Å². The first-order valence-electron chi connectivity index (χ1n) is 17.3. The third kappa shape index (κ3) is 7.02. The summed E-state index contributed by atoms with van der Waals surface area (Å²) in [6.45, 7) is 16.4. The number of thiazole rings is 1. The maximum Gasteiger partial charge on any atom is 0.254 e. The van der Waals surface area contributed by atoms with E-state index < -0.39 is 18.3 Å². The largest absolute Gasteiger partial charge is 0.413 e. The van der Waals surface area contributed by atoms with Gasteiger partial charge in [0.2, 0.25) is 0 Å². The molecule has 2 aromatic heterocycles. The van der Waals surface area contributed by atoms with Crippen LogP contribution in [-0.4, -0.2) is 85.3 Å². The summed E-state index contributed by atoms with van der Waals surface area (Å²) in [6.07, 6.45) is 7.81. The van der Waals surface area contributed by atoms with Crippen molar-refractivity contribution in [3.63, 3.8) is 0 Å². The van der Waals surface area contributed by atoms with Gasteiger partial charge >= 0.3 is 0 Å². The van der Waals surface area contributed by atoms with Crippen LogP contribution in [0.25, 0.3) is 11.3 Å². The molecule has 2 aromatic carbocycles. The van der Waals surface area contributed by atoms with Gasteiger partial charge in [0, 0.05) is 57.4 Å². The summed E-state index contributed by atoms with van der Waals surface area (Å²) in [5.74, 6) is -0.245. The van der Waals surface area contributed by atoms with Crippen molar-refractivity contribution >= 4 is 34.8 Å². The summed E-state index contributed by atoms with van der Waals surface area (Å²) in [6, 6.07) is 13.1. The monoisotopic (exact) mass is 722 g/mol. The van der Waals surface area contributed by atoms with Gasteiger partial charge in [-0.2, -0.15) is 4.31 Å². The Kier molecular flexibility index (Phi) is 9.37. The van der Waals surface area contributed by atoms with E-state index in [-0.39, 0.29) is 17.0 Å². The number of hydrogen-bond donors (Lipinski definition) is 0. The summed E-state index contributed by atoms with van der Waals surface area (Å²) in [4.78, 5) is 13.9. The Morgan fingerprint density at radius 3 is 2.61 bits per heavy atom. The fourth-order valence-corrected chi connectivity index (χ4v) is 11.2. The molecule has 2 atom stereocenters. The number of imidazole rings is 1. The predicted molar refractivity (Wildman–Crippen MR) is 195 cm³/mol. The first kappa shape index (κ1) is 34.5. The Bertz CT molecular complexity index is 1910. The van der Waals surface area contributed by atoms with Crippen LogP contribution < -0.4 is 4.90 Å². The average Bonchev–Trinajstić information content (AvgIpc) is 3.83. The second kappa shape index (κ2) is 13.3. The number of aromatic nitrogens is 3. The molecule has 13 heteroatoms. The minimum Gasteiger partial charge on any atom is -0.413 e. The highest BCUT2D eigenvalue weighted by atomic mass is 32.2. The van der Waals surface area contributed by atoms with Crippen molar-refractivity contribution in [3.05, 3.63) is 83.7 Å². The van der Waals surface area contributed by atoms with Crippen molar-refractivity contribution in [2.24, 2.45) is 0 Å². The minimum atomic E-state index is -3.74. The topological polar surface area (TPSA) is 83.8 Å². The molecule has 49 heavy (non-hydrogen) atoms. The van der Waals surface area contributed by atoms with Crippen LogP contribution in [0, 0.1) is 5.82 Å². The third-order valence-electron chi connectivity index (χ3n) is 11.0. The van der Waals surface area contributed by atoms with Gasteiger partial charge in [0.1, 0.15) is 5.82 Å². The van der Waals surface area contributed by atoms with E-state index in [0.717, 1.165) is 72.1 Å². The summed E-state index contributed by atoms with van der Waals surface area (Å²) in [7, 11) is -5.59. The molecule has 4 aromatic rings. The number of benzene rings is 2. The molecule has 0 spiro atoms. The fourth-order valence-electron chi connectivity index (χ4n) is 7.12. The molecule has 0 N–H and O–H groups in total. The van der Waals surface area contributed by atoms with Crippen LogP contribution in [0.1, 0.15) is 43.9 Å². The van der Waals surface area contributed by atoms with Crippen LogP contribution in [0.15, 0.2) is 65.4 Å². The lowest BCUT2D eigenvalue weighted by molar-refractivity contribution is 0.177. The summed E-state index contributed by atoms with van der Waals surface area (Å²) < 4.78 is 52.4. The minimum absolute atomic E-state index is 0.178. The van der Waals surface area contributed by atoms with Gasteiger partial charge in [0.05, 0.1) is 30.5 Å². The zero-order valence-corrected chi connectivity index (χ0v) is 31.7. The Morgan fingerprint density at radius 2 is 1.84 bits per heavy atom. The lowest BCUT2D eigenvalue weighted by Crippen LogP contribution is -2.50. The molecule has 2 fully saturated rings. The normalized spacial score (nSPS) is 20.8. The zero-order chi connectivity index (χ0) is 34.6. The highest BCUT2D eigenvalue weighted by Crippen LogP contribution is 2.40. The van der Waals surface area contributed by atoms with Gasteiger partial charge in [-0.05, 0) is 66.2 Å². The molecule has 0 aliphatic carbocycles. The Balaban J connectivity index is 1.03. The summed E-state index contributed by atoms with van der Waals surface area (Å²) in [5.41, 5.74) is 5.15. The molecule has 3 aliphatic heterocycles. The molecule has 0 bridgehead atoms. The standard InChI is InChI=1S/C36H47FN6O3S2Si/c1-36(2,3)49(4,5)46-30-19-29-22-41(18-17-40(29)23-30)35-39-21-34(47-35)48(44,45)43-16-14-27-7-6-8-31(32(27)24-43)33-20-38-25-42(33)15-13-26-9-11-28(37)12-10-26/h6-12,20-21,25,29-30H,13-19,22-24H2,1-5H3.